The van der Waals surface area contributed by atoms with Crippen molar-refractivity contribution < 1.29 is 9.18 Å². The van der Waals surface area contributed by atoms with Crippen molar-refractivity contribution in [2.24, 2.45) is 0 Å². The summed E-state index contributed by atoms with van der Waals surface area (Å²) in [7, 11) is 0. The number of carbonyl (C=O) groups is 1. The minimum Gasteiger partial charge on any atom is -0.398 e. The highest BCUT2D eigenvalue weighted by Crippen LogP contribution is 2.13. The van der Waals surface area contributed by atoms with Gasteiger partial charge in [0.1, 0.15) is 5.82 Å². The average Bonchev–Trinajstić information content (AvgIpc) is 2.21. The number of rotatable bonds is 3. The molecule has 0 aliphatic heterocycles. The smallest absolute Gasteiger partial charge is 0.253 e. The molecular formula is C11H13FN2O. The van der Waals surface area contributed by atoms with E-state index in [1.165, 1.54) is 12.1 Å². The van der Waals surface area contributed by atoms with E-state index in [1.54, 1.807) is 13.0 Å². The number of carbonyl (C=O) groups excluding carboxylic acids is 1. The molecule has 0 aliphatic rings. The molecule has 0 heterocycles. The van der Waals surface area contributed by atoms with Crippen molar-refractivity contribution >= 4 is 11.6 Å². The standard InChI is InChI=1S/C11H13FN2O/c1-3-7(2)14-11(15)9-6-8(12)4-5-10(9)13/h3-7H,1,13H2,2H3,(H,14,15). The van der Waals surface area contributed by atoms with Crippen molar-refractivity contribution in [3.8, 4) is 0 Å². The third-order valence-electron chi connectivity index (χ3n) is 1.97. The second-order valence-corrected chi connectivity index (χ2v) is 3.23. The van der Waals surface area contributed by atoms with E-state index in [0.29, 0.717) is 0 Å². The first kappa shape index (κ1) is 11.2. The van der Waals surface area contributed by atoms with Gasteiger partial charge in [-0.15, -0.1) is 6.58 Å². The Bertz CT molecular complexity index is 390. The third kappa shape index (κ3) is 2.80. The van der Waals surface area contributed by atoms with E-state index in [-0.39, 0.29) is 17.3 Å². The average molecular weight is 208 g/mol. The maximum absolute atomic E-state index is 12.9. The van der Waals surface area contributed by atoms with Gasteiger partial charge in [-0.1, -0.05) is 6.08 Å². The highest BCUT2D eigenvalue weighted by Gasteiger charge is 2.11. The van der Waals surface area contributed by atoms with Gasteiger partial charge in [0.05, 0.1) is 5.56 Å². The predicted octanol–water partition coefficient (Wildman–Crippen LogP) is 1.71. The van der Waals surface area contributed by atoms with Gasteiger partial charge in [-0.2, -0.15) is 0 Å². The fourth-order valence-electron chi connectivity index (χ4n) is 1.07. The number of nitrogen functional groups attached to an aromatic ring is 1. The van der Waals surface area contributed by atoms with Gasteiger partial charge >= 0.3 is 0 Å². The van der Waals surface area contributed by atoms with Crippen LogP contribution in [0.25, 0.3) is 0 Å². The van der Waals surface area contributed by atoms with E-state index in [4.69, 9.17) is 5.73 Å². The molecule has 1 atom stereocenters. The van der Waals surface area contributed by atoms with E-state index in [0.717, 1.165) is 6.07 Å². The molecular weight excluding hydrogens is 195 g/mol. The van der Waals surface area contributed by atoms with Crippen LogP contribution in [0.15, 0.2) is 30.9 Å². The van der Waals surface area contributed by atoms with Crippen LogP contribution in [0.4, 0.5) is 10.1 Å². The molecule has 0 fully saturated rings. The molecule has 0 aromatic heterocycles. The van der Waals surface area contributed by atoms with Crippen LogP contribution in [0.1, 0.15) is 17.3 Å². The van der Waals surface area contributed by atoms with Crippen molar-refractivity contribution in [2.45, 2.75) is 13.0 Å². The molecule has 1 aromatic rings. The first-order valence-electron chi connectivity index (χ1n) is 4.53. The largest absolute Gasteiger partial charge is 0.398 e. The lowest BCUT2D eigenvalue weighted by atomic mass is 10.1. The summed E-state index contributed by atoms with van der Waals surface area (Å²) in [5, 5.41) is 2.61. The van der Waals surface area contributed by atoms with Crippen molar-refractivity contribution in [1.82, 2.24) is 5.32 Å². The van der Waals surface area contributed by atoms with Gasteiger partial charge in [-0.05, 0) is 25.1 Å². The van der Waals surface area contributed by atoms with E-state index >= 15 is 0 Å². The zero-order valence-corrected chi connectivity index (χ0v) is 8.46. The molecule has 0 saturated heterocycles. The van der Waals surface area contributed by atoms with Gasteiger partial charge in [0.15, 0.2) is 0 Å². The van der Waals surface area contributed by atoms with Crippen molar-refractivity contribution in [1.29, 1.82) is 0 Å². The molecule has 0 saturated carbocycles. The third-order valence-corrected chi connectivity index (χ3v) is 1.97. The Morgan fingerprint density at radius 1 is 1.67 bits per heavy atom. The lowest BCUT2D eigenvalue weighted by Gasteiger charge is -2.10. The number of nitrogens with one attached hydrogen (secondary N) is 1. The van der Waals surface area contributed by atoms with Crippen LogP contribution in [0, 0.1) is 5.82 Å². The predicted molar refractivity (Wildman–Crippen MR) is 57.9 cm³/mol. The first-order chi connectivity index (χ1) is 7.04. The molecule has 0 radical (unpaired) electrons. The summed E-state index contributed by atoms with van der Waals surface area (Å²) in [6.07, 6.45) is 1.58. The van der Waals surface area contributed by atoms with E-state index < -0.39 is 11.7 Å². The van der Waals surface area contributed by atoms with Crippen molar-refractivity contribution in [3.63, 3.8) is 0 Å². The summed E-state index contributed by atoms with van der Waals surface area (Å²) >= 11 is 0. The quantitative estimate of drug-likeness (QED) is 0.587. The van der Waals surface area contributed by atoms with Gasteiger partial charge in [0.25, 0.3) is 5.91 Å². The normalized spacial score (nSPS) is 11.9. The van der Waals surface area contributed by atoms with E-state index in [1.807, 2.05) is 0 Å². The number of nitrogens with two attached hydrogens (primary N) is 1. The minimum absolute atomic E-state index is 0.142. The Morgan fingerprint density at radius 2 is 2.33 bits per heavy atom. The topological polar surface area (TPSA) is 55.1 Å². The zero-order valence-electron chi connectivity index (χ0n) is 8.46. The van der Waals surface area contributed by atoms with Crippen molar-refractivity contribution in [2.75, 3.05) is 5.73 Å². The highest BCUT2D eigenvalue weighted by atomic mass is 19.1. The van der Waals surface area contributed by atoms with Gasteiger partial charge in [-0.25, -0.2) is 4.39 Å². The number of hydrogen-bond acceptors (Lipinski definition) is 2. The maximum Gasteiger partial charge on any atom is 0.253 e. The minimum atomic E-state index is -0.486. The zero-order chi connectivity index (χ0) is 11.4. The van der Waals surface area contributed by atoms with Crippen LogP contribution in [-0.4, -0.2) is 11.9 Å². The van der Waals surface area contributed by atoms with E-state index in [2.05, 4.69) is 11.9 Å². The molecule has 3 nitrogen and oxygen atoms in total. The summed E-state index contributed by atoms with van der Waals surface area (Å²) in [5.41, 5.74) is 5.95. The molecule has 0 bridgehead atoms. The Kier molecular flexibility index (Phi) is 3.44. The second-order valence-electron chi connectivity index (χ2n) is 3.23. The maximum atomic E-state index is 12.9. The molecule has 1 rings (SSSR count). The lowest BCUT2D eigenvalue weighted by Crippen LogP contribution is -2.31. The first-order valence-corrected chi connectivity index (χ1v) is 4.53. The van der Waals surface area contributed by atoms with Gasteiger partial charge in [-0.3, -0.25) is 4.79 Å². The summed E-state index contributed by atoms with van der Waals surface area (Å²) in [5.74, 6) is -0.889. The molecule has 80 valence electrons. The van der Waals surface area contributed by atoms with Gasteiger partial charge in [0.2, 0.25) is 0 Å². The molecule has 3 N–H and O–H groups in total. The number of benzene rings is 1. The van der Waals surface area contributed by atoms with Crippen LogP contribution in [0.2, 0.25) is 0 Å². The Hall–Kier alpha value is -1.84. The summed E-state index contributed by atoms with van der Waals surface area (Å²) in [6.45, 7) is 5.29. The SMILES string of the molecule is C=CC(C)NC(=O)c1cc(F)ccc1N. The summed E-state index contributed by atoms with van der Waals surface area (Å²) in [6, 6.07) is 3.51. The number of halogens is 1. The van der Waals surface area contributed by atoms with Crippen LogP contribution < -0.4 is 11.1 Å². The number of hydrogen-bond donors (Lipinski definition) is 2. The summed E-state index contributed by atoms with van der Waals surface area (Å²) in [4.78, 5) is 11.6. The Labute approximate surface area is 87.8 Å². The van der Waals surface area contributed by atoms with Crippen LogP contribution in [0.3, 0.4) is 0 Å². The molecule has 0 spiro atoms. The van der Waals surface area contributed by atoms with Crippen LogP contribution in [-0.2, 0) is 0 Å². The van der Waals surface area contributed by atoms with Crippen LogP contribution in [0.5, 0.6) is 0 Å². The van der Waals surface area contributed by atoms with Gasteiger partial charge in [0, 0.05) is 11.7 Å². The Morgan fingerprint density at radius 3 is 2.93 bits per heavy atom. The highest BCUT2D eigenvalue weighted by molar-refractivity contribution is 5.99. The number of amides is 1. The van der Waals surface area contributed by atoms with Crippen LogP contribution >= 0.6 is 0 Å². The van der Waals surface area contributed by atoms with E-state index in [9.17, 15) is 9.18 Å². The molecule has 1 aromatic carbocycles. The molecule has 1 unspecified atom stereocenters. The molecule has 15 heavy (non-hydrogen) atoms. The number of anilines is 1. The summed E-state index contributed by atoms with van der Waals surface area (Å²) < 4.78 is 12.9. The van der Waals surface area contributed by atoms with Gasteiger partial charge < -0.3 is 11.1 Å². The fourth-order valence-corrected chi connectivity index (χ4v) is 1.07. The Balaban J connectivity index is 2.90. The van der Waals surface area contributed by atoms with Crippen molar-refractivity contribution in [3.05, 3.63) is 42.2 Å². The second kappa shape index (κ2) is 4.59. The molecule has 4 heteroatoms. The monoisotopic (exact) mass is 208 g/mol. The fraction of sp³-hybridized carbons (Fsp3) is 0.182. The lowest BCUT2D eigenvalue weighted by molar-refractivity contribution is 0.0947. The molecule has 1 amide bonds. The molecule has 0 aliphatic carbocycles.